The molecule has 0 aliphatic heterocycles. The third-order valence-corrected chi connectivity index (χ3v) is 2.60. The fourth-order valence-corrected chi connectivity index (χ4v) is 1.51. The van der Waals surface area contributed by atoms with E-state index in [1.807, 2.05) is 0 Å². The molecule has 0 aliphatic carbocycles. The van der Waals surface area contributed by atoms with E-state index in [2.05, 4.69) is 11.4 Å². The molecule has 0 saturated carbocycles. The van der Waals surface area contributed by atoms with Crippen molar-refractivity contribution in [3.05, 3.63) is 71.0 Å². The first kappa shape index (κ1) is 15.0. The van der Waals surface area contributed by atoms with E-state index in [4.69, 9.17) is 4.84 Å². The van der Waals surface area contributed by atoms with Gasteiger partial charge >= 0.3 is 6.18 Å². The maximum atomic E-state index is 12.6. The van der Waals surface area contributed by atoms with Crippen LogP contribution in [0.2, 0.25) is 0 Å². The lowest BCUT2D eigenvalue weighted by Gasteiger charge is -2.06. The Hall–Kier alpha value is -2.37. The van der Waals surface area contributed by atoms with E-state index in [0.29, 0.717) is 11.1 Å². The number of halogens is 4. The van der Waals surface area contributed by atoms with Gasteiger partial charge in [0.1, 0.15) is 18.6 Å². The molecule has 0 spiro atoms. The molecular formula is C15H10F4NO. The lowest BCUT2D eigenvalue weighted by atomic mass is 10.1. The van der Waals surface area contributed by atoms with Gasteiger partial charge in [-0.15, -0.1) is 0 Å². The van der Waals surface area contributed by atoms with Crippen molar-refractivity contribution in [2.75, 3.05) is 0 Å². The van der Waals surface area contributed by atoms with Crippen molar-refractivity contribution in [3.8, 4) is 0 Å². The van der Waals surface area contributed by atoms with Crippen LogP contribution < -0.4 is 0 Å². The minimum Gasteiger partial charge on any atom is -0.390 e. The molecule has 2 rings (SSSR count). The van der Waals surface area contributed by atoms with Crippen molar-refractivity contribution in [1.82, 2.24) is 0 Å². The minimum absolute atomic E-state index is 0.0202. The highest BCUT2D eigenvalue weighted by atomic mass is 19.4. The highest BCUT2D eigenvalue weighted by molar-refractivity contribution is 5.78. The summed E-state index contributed by atoms with van der Waals surface area (Å²) in [6.07, 6.45) is -1.82. The molecule has 0 bridgehead atoms. The second kappa shape index (κ2) is 6.39. The predicted molar refractivity (Wildman–Crippen MR) is 69.2 cm³/mol. The molecule has 21 heavy (non-hydrogen) atoms. The van der Waals surface area contributed by atoms with Gasteiger partial charge in [-0.05, 0) is 42.0 Å². The number of hydrogen-bond acceptors (Lipinski definition) is 2. The zero-order valence-corrected chi connectivity index (χ0v) is 10.7. The normalized spacial score (nSPS) is 11.8. The molecule has 1 radical (unpaired) electrons. The quantitative estimate of drug-likeness (QED) is 0.469. The van der Waals surface area contributed by atoms with Gasteiger partial charge in [0, 0.05) is 5.56 Å². The number of rotatable bonds is 4. The van der Waals surface area contributed by atoms with Crippen molar-refractivity contribution in [1.29, 1.82) is 0 Å². The van der Waals surface area contributed by atoms with Crippen molar-refractivity contribution in [2.24, 2.45) is 5.16 Å². The summed E-state index contributed by atoms with van der Waals surface area (Å²) in [6.45, 7) is 0.0202. The molecule has 109 valence electrons. The molecule has 2 aromatic rings. The summed E-state index contributed by atoms with van der Waals surface area (Å²) < 4.78 is 49.7. The smallest absolute Gasteiger partial charge is 0.390 e. The number of nitrogens with zero attached hydrogens (tertiary/aromatic N) is 1. The first-order valence-corrected chi connectivity index (χ1v) is 5.95. The zero-order valence-electron chi connectivity index (χ0n) is 10.7. The minimum atomic E-state index is -4.35. The van der Waals surface area contributed by atoms with Crippen molar-refractivity contribution < 1.29 is 22.4 Å². The fraction of sp³-hybridized carbons (Fsp3) is 0.133. The zero-order chi connectivity index (χ0) is 15.3. The van der Waals surface area contributed by atoms with Gasteiger partial charge < -0.3 is 4.84 Å². The summed E-state index contributed by atoms with van der Waals surface area (Å²) >= 11 is 0. The average Bonchev–Trinajstić information content (AvgIpc) is 2.45. The molecule has 2 aromatic carbocycles. The van der Waals surface area contributed by atoms with E-state index >= 15 is 0 Å². The van der Waals surface area contributed by atoms with E-state index in [1.54, 1.807) is 0 Å². The lowest BCUT2D eigenvalue weighted by molar-refractivity contribution is -0.137. The van der Waals surface area contributed by atoms with Crippen molar-refractivity contribution in [2.45, 2.75) is 12.8 Å². The van der Waals surface area contributed by atoms with Crippen LogP contribution in [-0.2, 0) is 17.6 Å². The van der Waals surface area contributed by atoms with Gasteiger partial charge in [-0.2, -0.15) is 13.2 Å². The molecule has 0 N–H and O–H groups in total. The van der Waals surface area contributed by atoms with Crippen LogP contribution in [0.3, 0.4) is 0 Å². The van der Waals surface area contributed by atoms with E-state index in [-0.39, 0.29) is 12.4 Å². The molecule has 0 unspecified atom stereocenters. The predicted octanol–water partition coefficient (Wildman–Crippen LogP) is 4.27. The van der Waals surface area contributed by atoms with Crippen molar-refractivity contribution >= 4 is 6.21 Å². The molecule has 0 saturated heterocycles. The molecule has 0 fully saturated rings. The van der Waals surface area contributed by atoms with E-state index in [1.165, 1.54) is 36.4 Å². The van der Waals surface area contributed by atoms with Crippen LogP contribution in [0.25, 0.3) is 0 Å². The lowest BCUT2D eigenvalue weighted by Crippen LogP contribution is -2.04. The highest BCUT2D eigenvalue weighted by Crippen LogP contribution is 2.29. The van der Waals surface area contributed by atoms with Gasteiger partial charge in [-0.3, -0.25) is 0 Å². The van der Waals surface area contributed by atoms with Gasteiger partial charge in [0.05, 0.1) is 5.56 Å². The third kappa shape index (κ3) is 4.59. The Morgan fingerprint density at radius 3 is 2.14 bits per heavy atom. The Labute approximate surface area is 118 Å². The topological polar surface area (TPSA) is 21.6 Å². The molecule has 0 aliphatic rings. The van der Waals surface area contributed by atoms with Gasteiger partial charge in [-0.25, -0.2) is 4.39 Å². The maximum Gasteiger partial charge on any atom is 0.416 e. The van der Waals surface area contributed by atoms with Crippen LogP contribution in [-0.4, -0.2) is 6.21 Å². The first-order chi connectivity index (χ1) is 9.95. The summed E-state index contributed by atoms with van der Waals surface area (Å²) in [7, 11) is 0. The second-order valence-electron chi connectivity index (χ2n) is 4.18. The monoisotopic (exact) mass is 296 g/mol. The molecule has 0 amide bonds. The van der Waals surface area contributed by atoms with E-state index in [0.717, 1.165) is 12.1 Å². The maximum absolute atomic E-state index is 12.6. The Morgan fingerprint density at radius 2 is 1.57 bits per heavy atom. The standard InChI is InChI=1S/C15H10F4NO/c16-14-7-3-11(4-8-14)9-20-21-10-12-1-5-13(6-2-12)15(17,18)19/h1-8H,10H2. The summed E-state index contributed by atoms with van der Waals surface area (Å²) in [5, 5.41) is 3.54. The summed E-state index contributed by atoms with van der Waals surface area (Å²) in [6, 6.07) is 10.0. The van der Waals surface area contributed by atoms with Crippen LogP contribution >= 0.6 is 0 Å². The van der Waals surface area contributed by atoms with Crippen LogP contribution in [0.1, 0.15) is 16.7 Å². The third-order valence-electron chi connectivity index (χ3n) is 2.60. The largest absolute Gasteiger partial charge is 0.416 e. The SMILES string of the molecule is Fc1ccc(/[C]=N\OCc2ccc(C(F)(F)F)cc2)cc1. The number of alkyl halides is 3. The van der Waals surface area contributed by atoms with Gasteiger partial charge in [0.2, 0.25) is 0 Å². The van der Waals surface area contributed by atoms with Gasteiger partial charge in [-0.1, -0.05) is 17.3 Å². The Balaban J connectivity index is 1.87. The number of benzene rings is 2. The Kier molecular flexibility index (Phi) is 4.57. The van der Waals surface area contributed by atoms with Crippen LogP contribution in [0.5, 0.6) is 0 Å². The number of hydrogen-bond donors (Lipinski definition) is 0. The molecule has 2 nitrogen and oxygen atoms in total. The fourth-order valence-electron chi connectivity index (χ4n) is 1.51. The molecule has 6 heteroatoms. The summed E-state index contributed by atoms with van der Waals surface area (Å²) in [4.78, 5) is 4.92. The first-order valence-electron chi connectivity index (χ1n) is 5.95. The molecular weight excluding hydrogens is 286 g/mol. The second-order valence-corrected chi connectivity index (χ2v) is 4.18. The van der Waals surface area contributed by atoms with Crippen LogP contribution in [0.4, 0.5) is 17.6 Å². The summed E-state index contributed by atoms with van der Waals surface area (Å²) in [5.41, 5.74) is 0.365. The van der Waals surface area contributed by atoms with Crippen LogP contribution in [0, 0.1) is 5.82 Å². The van der Waals surface area contributed by atoms with Gasteiger partial charge in [0.25, 0.3) is 0 Å². The Morgan fingerprint density at radius 1 is 0.952 bits per heavy atom. The molecule has 0 heterocycles. The van der Waals surface area contributed by atoms with E-state index in [9.17, 15) is 17.6 Å². The van der Waals surface area contributed by atoms with Crippen molar-refractivity contribution in [3.63, 3.8) is 0 Å². The summed E-state index contributed by atoms with van der Waals surface area (Å²) in [5.74, 6) is -0.369. The van der Waals surface area contributed by atoms with Crippen LogP contribution in [0.15, 0.2) is 53.7 Å². The van der Waals surface area contributed by atoms with E-state index < -0.39 is 11.7 Å². The van der Waals surface area contributed by atoms with Gasteiger partial charge in [0.15, 0.2) is 0 Å². The Bertz CT molecular complexity index is 603. The average molecular weight is 296 g/mol. The molecule has 0 atom stereocenters. The highest BCUT2D eigenvalue weighted by Gasteiger charge is 2.29. The molecule has 0 aromatic heterocycles.